The first-order chi connectivity index (χ1) is 11.3. The van der Waals surface area contributed by atoms with E-state index in [1.54, 1.807) is 30.3 Å². The monoisotopic (exact) mass is 317 g/mol. The first kappa shape index (κ1) is 15.0. The molecule has 0 spiro atoms. The summed E-state index contributed by atoms with van der Waals surface area (Å²) in [7, 11) is 0. The second-order valence-corrected chi connectivity index (χ2v) is 4.76. The van der Waals surface area contributed by atoms with Gasteiger partial charge in [0.25, 0.3) is 0 Å². The summed E-state index contributed by atoms with van der Waals surface area (Å²) in [6.45, 7) is 2.18. The topological polar surface area (TPSA) is 116 Å². The zero-order valence-electron chi connectivity index (χ0n) is 12.2. The number of hydrogen-bond acceptors (Lipinski definition) is 8. The van der Waals surface area contributed by atoms with E-state index in [4.69, 9.17) is 15.3 Å². The van der Waals surface area contributed by atoms with Gasteiger partial charge in [0.1, 0.15) is 0 Å². The van der Waals surface area contributed by atoms with Crippen molar-refractivity contribution in [3.8, 4) is 0 Å². The minimum atomic E-state index is -0.577. The van der Waals surface area contributed by atoms with Crippen LogP contribution in [0.4, 0.5) is 5.82 Å². The van der Waals surface area contributed by atoms with Gasteiger partial charge >= 0.3 is 5.97 Å². The van der Waals surface area contributed by atoms with Crippen LogP contribution in [0.15, 0.2) is 40.1 Å². The highest BCUT2D eigenvalue weighted by Gasteiger charge is 2.24. The third-order valence-electron chi connectivity index (χ3n) is 3.26. The summed E-state index contributed by atoms with van der Waals surface area (Å²) in [5, 5.41) is 11.2. The predicted octanol–water partition coefficient (Wildman–Crippen LogP) is 0.503. The van der Waals surface area contributed by atoms with Crippen molar-refractivity contribution in [3.63, 3.8) is 0 Å². The van der Waals surface area contributed by atoms with Crippen molar-refractivity contribution in [2.75, 3.05) is 32.0 Å². The van der Waals surface area contributed by atoms with Crippen molar-refractivity contribution < 1.29 is 19.0 Å². The Hall–Kier alpha value is -2.94. The molecule has 2 aromatic rings. The molecule has 3 rings (SSSR count). The number of morpholine rings is 1. The molecule has 0 aliphatic carbocycles. The van der Waals surface area contributed by atoms with E-state index in [0.29, 0.717) is 31.9 Å². The molecule has 0 radical (unpaired) electrons. The second kappa shape index (κ2) is 6.88. The predicted molar refractivity (Wildman–Crippen MR) is 79.5 cm³/mol. The van der Waals surface area contributed by atoms with Gasteiger partial charge < -0.3 is 20.2 Å². The van der Waals surface area contributed by atoms with Crippen LogP contribution in [0.1, 0.15) is 16.1 Å². The summed E-state index contributed by atoms with van der Waals surface area (Å²) in [5.41, 5.74) is 6.34. The zero-order chi connectivity index (χ0) is 16.1. The van der Waals surface area contributed by atoms with Crippen molar-refractivity contribution in [1.82, 2.24) is 15.2 Å². The summed E-state index contributed by atoms with van der Waals surface area (Å²) in [6.07, 6.45) is 0. The van der Waals surface area contributed by atoms with Crippen LogP contribution >= 0.6 is 0 Å². The molecule has 9 nitrogen and oxygen atoms in total. The molecule has 9 heteroatoms. The molecule has 1 aliphatic rings. The molecule has 0 amide bonds. The van der Waals surface area contributed by atoms with Crippen LogP contribution in [0, 0.1) is 0 Å². The fourth-order valence-corrected chi connectivity index (χ4v) is 2.09. The Bertz CT molecular complexity index is 694. The molecule has 0 atom stereocenters. The number of ether oxygens (including phenoxy) is 1. The number of nitrogens with zero attached hydrogens (tertiary/aromatic N) is 4. The van der Waals surface area contributed by atoms with E-state index in [2.05, 4.69) is 20.1 Å². The fraction of sp³-hybridized carbons (Fsp3) is 0.286. The summed E-state index contributed by atoms with van der Waals surface area (Å²) in [4.78, 5) is 18.9. The number of anilines is 1. The van der Waals surface area contributed by atoms with Gasteiger partial charge in [0, 0.05) is 13.1 Å². The van der Waals surface area contributed by atoms with Crippen LogP contribution in [-0.2, 0) is 9.57 Å². The van der Waals surface area contributed by atoms with Crippen molar-refractivity contribution in [1.29, 1.82) is 0 Å². The molecule has 0 saturated carbocycles. The number of hydrogen-bond donors (Lipinski definition) is 1. The van der Waals surface area contributed by atoms with Gasteiger partial charge in [-0.1, -0.05) is 23.4 Å². The Morgan fingerprint density at radius 3 is 2.61 bits per heavy atom. The molecule has 2 heterocycles. The van der Waals surface area contributed by atoms with Gasteiger partial charge in [0.2, 0.25) is 5.84 Å². The van der Waals surface area contributed by atoms with E-state index in [-0.39, 0.29) is 17.3 Å². The van der Waals surface area contributed by atoms with Crippen LogP contribution in [0.25, 0.3) is 0 Å². The maximum absolute atomic E-state index is 12.0. The number of rotatable bonds is 3. The number of carbonyl (C=O) groups excluding carboxylic acids is 1. The summed E-state index contributed by atoms with van der Waals surface area (Å²) < 4.78 is 9.90. The molecule has 120 valence electrons. The average molecular weight is 317 g/mol. The van der Waals surface area contributed by atoms with Crippen LogP contribution in [-0.4, -0.2) is 53.3 Å². The smallest absolute Gasteiger partial charge is 0.365 e. The lowest BCUT2D eigenvalue weighted by atomic mass is 10.2. The van der Waals surface area contributed by atoms with Crippen molar-refractivity contribution in [3.05, 3.63) is 41.6 Å². The standard InChI is InChI=1S/C14H15N5O4/c15-12-11(16-23-17-12)13(19-6-8-21-9-7-19)18-22-14(20)10-4-2-1-3-5-10/h1-5H,6-9H2,(H2,15,17)/b18-13-. The van der Waals surface area contributed by atoms with E-state index < -0.39 is 5.97 Å². The van der Waals surface area contributed by atoms with Gasteiger partial charge in [-0.3, -0.25) is 0 Å². The molecular formula is C14H15N5O4. The van der Waals surface area contributed by atoms with Gasteiger partial charge in [0.05, 0.1) is 18.8 Å². The SMILES string of the molecule is Nc1nonc1/C(=N/OC(=O)c1ccccc1)N1CCOCC1. The third-order valence-corrected chi connectivity index (χ3v) is 3.26. The van der Waals surface area contributed by atoms with Gasteiger partial charge in [-0.05, 0) is 22.4 Å². The summed E-state index contributed by atoms with van der Waals surface area (Å²) in [6, 6.07) is 8.56. The number of amidine groups is 1. The van der Waals surface area contributed by atoms with Crippen LogP contribution < -0.4 is 5.73 Å². The Morgan fingerprint density at radius 2 is 1.96 bits per heavy atom. The van der Waals surface area contributed by atoms with E-state index >= 15 is 0 Å². The maximum Gasteiger partial charge on any atom is 0.365 e. The highest BCUT2D eigenvalue weighted by Crippen LogP contribution is 2.13. The minimum Gasteiger partial charge on any atom is -0.379 e. The molecule has 1 fully saturated rings. The van der Waals surface area contributed by atoms with Crippen molar-refractivity contribution in [2.45, 2.75) is 0 Å². The van der Waals surface area contributed by atoms with Crippen molar-refractivity contribution >= 4 is 17.6 Å². The van der Waals surface area contributed by atoms with E-state index in [9.17, 15) is 4.79 Å². The lowest BCUT2D eigenvalue weighted by Crippen LogP contribution is -2.41. The number of aromatic nitrogens is 2. The van der Waals surface area contributed by atoms with Crippen molar-refractivity contribution in [2.24, 2.45) is 5.16 Å². The van der Waals surface area contributed by atoms with Gasteiger partial charge in [0.15, 0.2) is 11.5 Å². The summed E-state index contributed by atoms with van der Waals surface area (Å²) in [5.74, 6) is -0.214. The highest BCUT2D eigenvalue weighted by atomic mass is 16.7. The summed E-state index contributed by atoms with van der Waals surface area (Å²) >= 11 is 0. The number of oxime groups is 1. The van der Waals surface area contributed by atoms with Gasteiger partial charge in [-0.2, -0.15) is 0 Å². The Balaban J connectivity index is 1.83. The van der Waals surface area contributed by atoms with Crippen LogP contribution in [0.3, 0.4) is 0 Å². The van der Waals surface area contributed by atoms with Crippen LogP contribution in [0.5, 0.6) is 0 Å². The lowest BCUT2D eigenvalue weighted by molar-refractivity contribution is 0.0481. The van der Waals surface area contributed by atoms with E-state index in [1.807, 2.05) is 4.90 Å². The minimum absolute atomic E-state index is 0.0750. The van der Waals surface area contributed by atoms with E-state index in [1.165, 1.54) is 0 Å². The Kier molecular flexibility index (Phi) is 4.48. The maximum atomic E-state index is 12.0. The number of carbonyl (C=O) groups is 1. The van der Waals surface area contributed by atoms with E-state index in [0.717, 1.165) is 0 Å². The molecule has 1 saturated heterocycles. The average Bonchev–Trinajstić information content (AvgIpc) is 3.03. The molecule has 0 bridgehead atoms. The molecule has 1 aromatic carbocycles. The second-order valence-electron chi connectivity index (χ2n) is 4.76. The number of nitrogens with two attached hydrogens (primary N) is 1. The van der Waals surface area contributed by atoms with Gasteiger partial charge in [-0.15, -0.1) is 0 Å². The third kappa shape index (κ3) is 3.46. The fourth-order valence-electron chi connectivity index (χ4n) is 2.09. The number of nitrogen functional groups attached to an aromatic ring is 1. The first-order valence-electron chi connectivity index (χ1n) is 7.01. The molecule has 1 aliphatic heterocycles. The quantitative estimate of drug-likeness (QED) is 0.376. The zero-order valence-corrected chi connectivity index (χ0v) is 12.2. The Morgan fingerprint density at radius 1 is 1.22 bits per heavy atom. The molecular weight excluding hydrogens is 302 g/mol. The van der Waals surface area contributed by atoms with Crippen LogP contribution in [0.2, 0.25) is 0 Å². The highest BCUT2D eigenvalue weighted by molar-refractivity contribution is 6.00. The molecule has 2 N–H and O–H groups in total. The number of benzene rings is 1. The first-order valence-corrected chi connectivity index (χ1v) is 7.01. The molecule has 0 unspecified atom stereocenters. The van der Waals surface area contributed by atoms with Gasteiger partial charge in [-0.25, -0.2) is 9.42 Å². The largest absolute Gasteiger partial charge is 0.379 e. The lowest BCUT2D eigenvalue weighted by Gasteiger charge is -2.28. The Labute approximate surface area is 131 Å². The normalized spacial score (nSPS) is 15.5. The molecule has 23 heavy (non-hydrogen) atoms. The molecule has 1 aromatic heterocycles.